The third-order valence-electron chi connectivity index (χ3n) is 2.04. The van der Waals surface area contributed by atoms with Crippen LogP contribution in [0.3, 0.4) is 0 Å². The lowest BCUT2D eigenvalue weighted by atomic mass is 10.0. The van der Waals surface area contributed by atoms with E-state index in [1.807, 2.05) is 18.2 Å². The molecule has 1 atom stereocenters. The zero-order valence-corrected chi connectivity index (χ0v) is 10.0. The molecule has 2 nitrogen and oxygen atoms in total. The van der Waals surface area contributed by atoms with Gasteiger partial charge in [-0.25, -0.2) is 0 Å². The molecule has 0 bridgehead atoms. The maximum Gasteiger partial charge on any atom is 0.124 e. The van der Waals surface area contributed by atoms with Gasteiger partial charge in [0.1, 0.15) is 5.75 Å². The Balaban J connectivity index is 3.14. The molecule has 0 spiro atoms. The van der Waals surface area contributed by atoms with Gasteiger partial charge < -0.3 is 10.5 Å². The van der Waals surface area contributed by atoms with Crippen LogP contribution in [0, 0.1) is 3.57 Å². The molecule has 0 radical (unpaired) electrons. The first-order valence-electron chi connectivity index (χ1n) is 4.28. The highest BCUT2D eigenvalue weighted by Crippen LogP contribution is 2.29. The molecule has 0 aliphatic heterocycles. The van der Waals surface area contributed by atoms with E-state index in [1.165, 1.54) is 3.57 Å². The molecular weight excluding hydrogens is 277 g/mol. The van der Waals surface area contributed by atoms with E-state index >= 15 is 0 Å². The Bertz CT molecular complexity index is 288. The molecular formula is C10H14INO. The Labute approximate surface area is 92.6 Å². The minimum absolute atomic E-state index is 0.0723. The molecule has 0 fully saturated rings. The van der Waals surface area contributed by atoms with Crippen molar-refractivity contribution in [2.45, 2.75) is 19.4 Å². The van der Waals surface area contributed by atoms with Crippen LogP contribution < -0.4 is 10.5 Å². The minimum Gasteiger partial charge on any atom is -0.496 e. The van der Waals surface area contributed by atoms with Gasteiger partial charge >= 0.3 is 0 Å². The van der Waals surface area contributed by atoms with E-state index in [0.717, 1.165) is 17.7 Å². The predicted octanol–water partition coefficient (Wildman–Crippen LogP) is 2.71. The van der Waals surface area contributed by atoms with E-state index < -0.39 is 0 Å². The van der Waals surface area contributed by atoms with Crippen LogP contribution in [-0.2, 0) is 0 Å². The normalized spacial score (nSPS) is 12.6. The van der Waals surface area contributed by atoms with Crippen molar-refractivity contribution in [3.05, 3.63) is 27.3 Å². The van der Waals surface area contributed by atoms with Gasteiger partial charge in [0.25, 0.3) is 0 Å². The van der Waals surface area contributed by atoms with E-state index in [0.29, 0.717) is 0 Å². The monoisotopic (exact) mass is 291 g/mol. The van der Waals surface area contributed by atoms with Crippen LogP contribution in [0.2, 0.25) is 0 Å². The Morgan fingerprint density at radius 2 is 2.23 bits per heavy atom. The third kappa shape index (κ3) is 2.34. The smallest absolute Gasteiger partial charge is 0.124 e. The van der Waals surface area contributed by atoms with Gasteiger partial charge in [-0.15, -0.1) is 0 Å². The zero-order chi connectivity index (χ0) is 9.84. The number of ether oxygens (including phenoxy) is 1. The molecule has 0 aromatic heterocycles. The molecule has 72 valence electrons. The highest BCUT2D eigenvalue weighted by Gasteiger charge is 2.12. The molecule has 3 heteroatoms. The Morgan fingerprint density at radius 3 is 2.77 bits per heavy atom. The summed E-state index contributed by atoms with van der Waals surface area (Å²) in [5.41, 5.74) is 7.11. The molecule has 0 saturated carbocycles. The Hall–Kier alpha value is -0.290. The van der Waals surface area contributed by atoms with Crippen molar-refractivity contribution in [3.8, 4) is 5.75 Å². The summed E-state index contributed by atoms with van der Waals surface area (Å²) in [5, 5.41) is 0. The van der Waals surface area contributed by atoms with Crippen LogP contribution in [0.5, 0.6) is 5.75 Å². The minimum atomic E-state index is 0.0723. The number of rotatable bonds is 3. The molecule has 1 aromatic rings. The summed E-state index contributed by atoms with van der Waals surface area (Å²) in [4.78, 5) is 0. The molecule has 0 heterocycles. The molecule has 0 amide bonds. The lowest BCUT2D eigenvalue weighted by Crippen LogP contribution is -2.11. The van der Waals surface area contributed by atoms with Gasteiger partial charge in [0.15, 0.2) is 0 Å². The van der Waals surface area contributed by atoms with Crippen molar-refractivity contribution in [2.24, 2.45) is 5.73 Å². The lowest BCUT2D eigenvalue weighted by molar-refractivity contribution is 0.404. The molecule has 2 N–H and O–H groups in total. The van der Waals surface area contributed by atoms with E-state index in [9.17, 15) is 0 Å². The van der Waals surface area contributed by atoms with E-state index in [2.05, 4.69) is 29.5 Å². The highest BCUT2D eigenvalue weighted by molar-refractivity contribution is 14.1. The molecule has 1 unspecified atom stereocenters. The quantitative estimate of drug-likeness (QED) is 0.869. The number of nitrogens with two attached hydrogens (primary N) is 1. The highest BCUT2D eigenvalue weighted by atomic mass is 127. The second kappa shape index (κ2) is 4.81. The van der Waals surface area contributed by atoms with Crippen molar-refractivity contribution >= 4 is 22.6 Å². The SMILES string of the molecule is CCC(N)c1c(I)cccc1OC. The maximum atomic E-state index is 5.99. The standard InChI is InChI=1S/C10H14INO/c1-3-8(12)10-7(11)5-4-6-9(10)13-2/h4-6,8H,3,12H2,1-2H3. The second-order valence-electron chi connectivity index (χ2n) is 2.87. The average Bonchev–Trinajstić information content (AvgIpc) is 2.16. The molecule has 0 aliphatic rings. The fraction of sp³-hybridized carbons (Fsp3) is 0.400. The van der Waals surface area contributed by atoms with Gasteiger partial charge in [-0.05, 0) is 41.1 Å². The summed E-state index contributed by atoms with van der Waals surface area (Å²) in [7, 11) is 1.68. The summed E-state index contributed by atoms with van der Waals surface area (Å²) in [6.07, 6.45) is 0.927. The second-order valence-corrected chi connectivity index (χ2v) is 4.03. The molecule has 13 heavy (non-hydrogen) atoms. The van der Waals surface area contributed by atoms with Crippen molar-refractivity contribution in [1.82, 2.24) is 0 Å². The largest absolute Gasteiger partial charge is 0.496 e. The van der Waals surface area contributed by atoms with E-state index in [-0.39, 0.29) is 6.04 Å². The summed E-state index contributed by atoms with van der Waals surface area (Å²) >= 11 is 2.29. The van der Waals surface area contributed by atoms with Gasteiger partial charge in [-0.1, -0.05) is 13.0 Å². The van der Waals surface area contributed by atoms with Crippen LogP contribution >= 0.6 is 22.6 Å². The van der Waals surface area contributed by atoms with Gasteiger partial charge in [-0.3, -0.25) is 0 Å². The summed E-state index contributed by atoms with van der Waals surface area (Å²) in [6.45, 7) is 2.08. The predicted molar refractivity (Wildman–Crippen MR) is 62.9 cm³/mol. The number of methoxy groups -OCH3 is 1. The van der Waals surface area contributed by atoms with Crippen LogP contribution in [0.15, 0.2) is 18.2 Å². The van der Waals surface area contributed by atoms with E-state index in [4.69, 9.17) is 10.5 Å². The maximum absolute atomic E-state index is 5.99. The Kier molecular flexibility index (Phi) is 3.99. The molecule has 1 aromatic carbocycles. The van der Waals surface area contributed by atoms with Gasteiger partial charge in [-0.2, -0.15) is 0 Å². The molecule has 1 rings (SSSR count). The number of hydrogen-bond acceptors (Lipinski definition) is 2. The fourth-order valence-corrected chi connectivity index (χ4v) is 2.13. The number of halogens is 1. The van der Waals surface area contributed by atoms with Crippen molar-refractivity contribution < 1.29 is 4.74 Å². The third-order valence-corrected chi connectivity index (χ3v) is 2.98. The summed E-state index contributed by atoms with van der Waals surface area (Å²) in [5.74, 6) is 0.890. The van der Waals surface area contributed by atoms with Crippen molar-refractivity contribution in [3.63, 3.8) is 0 Å². The lowest BCUT2D eigenvalue weighted by Gasteiger charge is -2.15. The van der Waals surface area contributed by atoms with E-state index in [1.54, 1.807) is 7.11 Å². The molecule has 0 saturated heterocycles. The van der Waals surface area contributed by atoms with Crippen LogP contribution in [0.25, 0.3) is 0 Å². The zero-order valence-electron chi connectivity index (χ0n) is 7.88. The van der Waals surface area contributed by atoms with Crippen LogP contribution in [0.1, 0.15) is 24.9 Å². The van der Waals surface area contributed by atoms with Crippen LogP contribution in [-0.4, -0.2) is 7.11 Å². The number of benzene rings is 1. The van der Waals surface area contributed by atoms with Gasteiger partial charge in [0.05, 0.1) is 7.11 Å². The summed E-state index contributed by atoms with van der Waals surface area (Å²) in [6, 6.07) is 6.05. The number of hydrogen-bond donors (Lipinski definition) is 1. The van der Waals surface area contributed by atoms with Crippen molar-refractivity contribution in [2.75, 3.05) is 7.11 Å². The average molecular weight is 291 g/mol. The van der Waals surface area contributed by atoms with Gasteiger partial charge in [0.2, 0.25) is 0 Å². The topological polar surface area (TPSA) is 35.2 Å². The first kappa shape index (κ1) is 10.8. The molecule has 0 aliphatic carbocycles. The first-order valence-corrected chi connectivity index (χ1v) is 5.36. The Morgan fingerprint density at radius 1 is 1.54 bits per heavy atom. The van der Waals surface area contributed by atoms with Crippen LogP contribution in [0.4, 0.5) is 0 Å². The first-order chi connectivity index (χ1) is 6.20. The van der Waals surface area contributed by atoms with Gasteiger partial charge in [0, 0.05) is 15.2 Å². The van der Waals surface area contributed by atoms with Crippen molar-refractivity contribution in [1.29, 1.82) is 0 Å². The fourth-order valence-electron chi connectivity index (χ4n) is 1.26. The summed E-state index contributed by atoms with van der Waals surface area (Å²) < 4.78 is 6.44.